The first-order valence-electron chi connectivity index (χ1n) is 6.95. The molecule has 4 saturated carbocycles. The molecule has 4 rings (SSSR count). The average Bonchev–Trinajstić information content (AvgIpc) is 2.96. The van der Waals surface area contributed by atoms with Crippen LogP contribution in [0.4, 0.5) is 0 Å². The normalized spacial score (nSPS) is 51.4. The van der Waals surface area contributed by atoms with Gasteiger partial charge in [0.1, 0.15) is 6.61 Å². The lowest BCUT2D eigenvalue weighted by atomic mass is 9.39. The third-order valence-electron chi connectivity index (χ3n) is 5.99. The van der Waals surface area contributed by atoms with E-state index < -0.39 is 5.97 Å². The smallest absolute Gasteiger partial charge is 0.329 e. The van der Waals surface area contributed by atoms with Crippen molar-refractivity contribution in [2.75, 3.05) is 13.2 Å². The number of carboxylic acids is 1. The topological polar surface area (TPSA) is 72.8 Å². The first-order chi connectivity index (χ1) is 8.98. The number of carboxylic acid groups (broad SMARTS) is 1. The Morgan fingerprint density at radius 1 is 1.37 bits per heavy atom. The molecule has 4 aliphatic carbocycles. The predicted octanol–water partition coefficient (Wildman–Crippen LogP) is 1.07. The number of carbonyl (C=O) groups is 2. The molecule has 1 spiro atoms. The van der Waals surface area contributed by atoms with Gasteiger partial charge in [-0.25, -0.2) is 4.79 Å². The van der Waals surface area contributed by atoms with Gasteiger partial charge in [0.05, 0.1) is 12.7 Å². The summed E-state index contributed by atoms with van der Waals surface area (Å²) >= 11 is 0. The van der Waals surface area contributed by atoms with Gasteiger partial charge in [-0.1, -0.05) is 0 Å². The number of rotatable bonds is 5. The Morgan fingerprint density at radius 3 is 2.84 bits per heavy atom. The Balaban J connectivity index is 1.43. The van der Waals surface area contributed by atoms with Crippen molar-refractivity contribution < 1.29 is 24.2 Å². The molecule has 0 radical (unpaired) electrons. The van der Waals surface area contributed by atoms with Crippen LogP contribution >= 0.6 is 0 Å². The van der Waals surface area contributed by atoms with Crippen LogP contribution in [0, 0.1) is 28.6 Å². The zero-order chi connectivity index (χ0) is 13.4. The summed E-state index contributed by atoms with van der Waals surface area (Å²) in [5.41, 5.74) is 0.624. The van der Waals surface area contributed by atoms with Crippen LogP contribution < -0.4 is 0 Å². The third kappa shape index (κ3) is 1.29. The molecule has 0 saturated heterocycles. The van der Waals surface area contributed by atoms with E-state index in [0.29, 0.717) is 29.8 Å². The first-order valence-corrected chi connectivity index (χ1v) is 6.95. The van der Waals surface area contributed by atoms with Crippen LogP contribution in [0.15, 0.2) is 0 Å². The van der Waals surface area contributed by atoms with Crippen LogP contribution in [0.3, 0.4) is 0 Å². The molecule has 0 amide bonds. The number of esters is 1. The van der Waals surface area contributed by atoms with Gasteiger partial charge < -0.3 is 14.6 Å². The lowest BCUT2D eigenvalue weighted by Gasteiger charge is -2.66. The van der Waals surface area contributed by atoms with Gasteiger partial charge in [-0.15, -0.1) is 0 Å². The zero-order valence-electron chi connectivity index (χ0n) is 10.9. The van der Waals surface area contributed by atoms with E-state index in [0.717, 1.165) is 12.8 Å². The van der Waals surface area contributed by atoms with Crippen molar-refractivity contribution in [2.24, 2.45) is 28.6 Å². The molecule has 19 heavy (non-hydrogen) atoms. The molecule has 0 aliphatic heterocycles. The highest BCUT2D eigenvalue weighted by molar-refractivity contribution is 5.68. The summed E-state index contributed by atoms with van der Waals surface area (Å²) in [4.78, 5) is 21.6. The van der Waals surface area contributed by atoms with Gasteiger partial charge in [0, 0.05) is 12.3 Å². The van der Waals surface area contributed by atoms with Crippen LogP contribution in [0.1, 0.15) is 26.2 Å². The minimum Gasteiger partial charge on any atom is -0.480 e. The molecule has 0 aromatic rings. The van der Waals surface area contributed by atoms with Crippen LogP contribution in [0.2, 0.25) is 0 Å². The fourth-order valence-corrected chi connectivity index (χ4v) is 5.67. The van der Waals surface area contributed by atoms with Gasteiger partial charge >= 0.3 is 11.9 Å². The molecule has 4 aliphatic rings. The number of carbonyl (C=O) groups excluding carboxylic acids is 1. The highest BCUT2D eigenvalue weighted by atomic mass is 16.5. The van der Waals surface area contributed by atoms with Crippen molar-refractivity contribution in [1.29, 1.82) is 0 Å². The molecule has 0 bridgehead atoms. The molecular weight excluding hydrogens is 248 g/mol. The molecule has 0 aromatic carbocycles. The second-order valence-corrected chi connectivity index (χ2v) is 6.88. The summed E-state index contributed by atoms with van der Waals surface area (Å²) in [7, 11) is 0. The van der Waals surface area contributed by atoms with E-state index in [2.05, 4.69) is 0 Å². The number of hydrogen-bond donors (Lipinski definition) is 1. The Labute approximate surface area is 111 Å². The van der Waals surface area contributed by atoms with Crippen LogP contribution in [-0.2, 0) is 19.1 Å². The summed E-state index contributed by atoms with van der Waals surface area (Å²) in [5, 5.41) is 8.73. The van der Waals surface area contributed by atoms with Crippen molar-refractivity contribution in [2.45, 2.75) is 32.3 Å². The second kappa shape index (κ2) is 3.32. The summed E-state index contributed by atoms with van der Waals surface area (Å²) in [6.07, 6.45) is 3.49. The molecule has 104 valence electrons. The lowest BCUT2D eigenvalue weighted by molar-refractivity contribution is -0.223. The van der Waals surface area contributed by atoms with Crippen molar-refractivity contribution in [3.8, 4) is 0 Å². The average molecular weight is 266 g/mol. The van der Waals surface area contributed by atoms with Gasteiger partial charge in [-0.3, -0.25) is 4.79 Å². The van der Waals surface area contributed by atoms with Crippen LogP contribution in [0.5, 0.6) is 0 Å². The van der Waals surface area contributed by atoms with E-state index >= 15 is 0 Å². The second-order valence-electron chi connectivity index (χ2n) is 6.88. The van der Waals surface area contributed by atoms with Crippen molar-refractivity contribution in [1.82, 2.24) is 0 Å². The minimum absolute atomic E-state index is 0.133. The predicted molar refractivity (Wildman–Crippen MR) is 63.2 cm³/mol. The summed E-state index contributed by atoms with van der Waals surface area (Å²) in [6, 6.07) is 0. The van der Waals surface area contributed by atoms with Crippen molar-refractivity contribution in [3.05, 3.63) is 0 Å². The van der Waals surface area contributed by atoms with E-state index in [1.54, 1.807) is 0 Å². The Hall–Kier alpha value is -1.10. The van der Waals surface area contributed by atoms with Gasteiger partial charge in [0.15, 0.2) is 0 Å². The minimum atomic E-state index is -0.889. The van der Waals surface area contributed by atoms with Gasteiger partial charge in [0.2, 0.25) is 0 Å². The summed E-state index contributed by atoms with van der Waals surface area (Å²) in [6.45, 7) is 1.82. The molecule has 5 nitrogen and oxygen atoms in total. The molecule has 1 N–H and O–H groups in total. The lowest BCUT2D eigenvalue weighted by Crippen LogP contribution is -2.63. The van der Waals surface area contributed by atoms with E-state index in [1.165, 1.54) is 13.3 Å². The summed E-state index contributed by atoms with van der Waals surface area (Å²) in [5.74, 6) is 0.586. The highest BCUT2D eigenvalue weighted by Gasteiger charge is 2.87. The number of aliphatic carboxylic acids is 1. The van der Waals surface area contributed by atoms with E-state index in [4.69, 9.17) is 14.6 Å². The maximum atomic E-state index is 11.0. The van der Waals surface area contributed by atoms with Crippen molar-refractivity contribution in [3.63, 3.8) is 0 Å². The van der Waals surface area contributed by atoms with Crippen LogP contribution in [0.25, 0.3) is 0 Å². The first kappa shape index (κ1) is 11.7. The van der Waals surface area contributed by atoms with Crippen LogP contribution in [-0.4, -0.2) is 36.4 Å². The molecule has 4 fully saturated rings. The quantitative estimate of drug-likeness (QED) is 0.753. The molecular formula is C14H18O5. The van der Waals surface area contributed by atoms with Crippen molar-refractivity contribution >= 4 is 11.9 Å². The molecule has 0 aromatic heterocycles. The maximum Gasteiger partial charge on any atom is 0.329 e. The number of hydrogen-bond acceptors (Lipinski definition) is 4. The Morgan fingerprint density at radius 2 is 2.16 bits per heavy atom. The van der Waals surface area contributed by atoms with Gasteiger partial charge in [-0.05, 0) is 42.4 Å². The van der Waals surface area contributed by atoms with E-state index in [9.17, 15) is 9.59 Å². The zero-order valence-corrected chi connectivity index (χ0v) is 10.9. The monoisotopic (exact) mass is 266 g/mol. The van der Waals surface area contributed by atoms with Gasteiger partial charge in [0.25, 0.3) is 0 Å². The number of ether oxygens (including phenoxy) is 2. The maximum absolute atomic E-state index is 11.0. The Kier molecular flexibility index (Phi) is 2.04. The third-order valence-corrected chi connectivity index (χ3v) is 5.99. The molecule has 6 unspecified atom stereocenters. The largest absolute Gasteiger partial charge is 0.480 e. The SMILES string of the molecule is CC(=O)OCC12CC3C(OCC(=O)O)C4CC4(C1)C32. The fraction of sp³-hybridized carbons (Fsp3) is 0.857. The fourth-order valence-electron chi connectivity index (χ4n) is 5.67. The highest BCUT2D eigenvalue weighted by Crippen LogP contribution is 2.90. The molecule has 6 atom stereocenters. The van der Waals surface area contributed by atoms with E-state index in [1.807, 2.05) is 0 Å². The van der Waals surface area contributed by atoms with E-state index in [-0.39, 0.29) is 24.1 Å². The Bertz CT molecular complexity index is 474. The standard InChI is InChI=1S/C14H18O5/c1-7(15)19-6-13-2-8-11(18-4-10(16)17)9-3-14(9,5-13)12(8)13/h8-9,11-12H,2-6H2,1H3,(H,16,17). The molecule has 0 heterocycles. The van der Waals surface area contributed by atoms with Gasteiger partial charge in [-0.2, -0.15) is 0 Å². The molecule has 5 heteroatoms. The summed E-state index contributed by atoms with van der Waals surface area (Å²) < 4.78 is 10.8.